The van der Waals surface area contributed by atoms with Crippen LogP contribution in [0.15, 0.2) is 97.2 Å². The molecule has 60 heavy (non-hydrogen) atoms. The van der Waals surface area contributed by atoms with Crippen molar-refractivity contribution >= 4 is 17.9 Å². The van der Waals surface area contributed by atoms with Gasteiger partial charge < -0.3 is 39.4 Å². The van der Waals surface area contributed by atoms with Crippen molar-refractivity contribution in [1.29, 1.82) is 0 Å². The molecule has 1 aliphatic heterocycles. The highest BCUT2D eigenvalue weighted by Crippen LogP contribution is 2.23. The Morgan fingerprint density at radius 1 is 0.517 bits per heavy atom. The van der Waals surface area contributed by atoms with E-state index in [9.17, 15) is 34.8 Å². The summed E-state index contributed by atoms with van der Waals surface area (Å²) >= 11 is 0. The fraction of sp³-hybridized carbons (Fsp3) is 0.612. The van der Waals surface area contributed by atoms with E-state index < -0.39 is 61.3 Å². The Bertz CT molecular complexity index is 1360. The van der Waals surface area contributed by atoms with Crippen LogP contribution >= 0.6 is 0 Å². The molecule has 11 nitrogen and oxygen atoms in total. The maximum absolute atomic E-state index is 12.8. The van der Waals surface area contributed by atoms with Crippen molar-refractivity contribution in [2.45, 2.75) is 179 Å². The van der Waals surface area contributed by atoms with Crippen molar-refractivity contribution < 1.29 is 53.8 Å². The first-order valence-electron chi connectivity index (χ1n) is 22.3. The second-order valence-electron chi connectivity index (χ2n) is 14.8. The second kappa shape index (κ2) is 38.1. The fourth-order valence-corrected chi connectivity index (χ4v) is 5.98. The predicted octanol–water partition coefficient (Wildman–Crippen LogP) is 9.64. The highest BCUT2D eigenvalue weighted by molar-refractivity contribution is 5.73. The summed E-state index contributed by atoms with van der Waals surface area (Å²) < 4.78 is 21.7. The number of esters is 2. The number of allylic oxidation sites excluding steroid dienone is 16. The Morgan fingerprint density at radius 2 is 0.933 bits per heavy atom. The van der Waals surface area contributed by atoms with Crippen molar-refractivity contribution in [3.8, 4) is 0 Å². The van der Waals surface area contributed by atoms with E-state index in [0.29, 0.717) is 12.8 Å². The molecule has 0 amide bonds. The van der Waals surface area contributed by atoms with Gasteiger partial charge >= 0.3 is 17.9 Å². The standard InChI is InChI=1S/C49H76O11/c1-3-5-7-9-11-13-15-17-19-21-23-25-27-29-31-33-35-37-42(50)57-39-41(40-58-49-46(54)44(52)45(53)47(60-49)48(55)56)59-43(51)38-36-34-32-30-28-26-24-22-20-18-16-14-12-10-8-6-4-2/h5-8,11-14,17-20,23-26,41,44-47,49,52-54H,3-4,9-10,15-16,21-22,27-40H2,1-2H3,(H,55,56)/b7-5-,8-6-,13-11-,14-12-,19-17-,20-18-,25-23-,26-24-. The number of unbranched alkanes of at least 4 members (excludes halogenated alkanes) is 8. The minimum atomic E-state index is -1.87. The molecule has 1 saturated heterocycles. The number of hydrogen-bond donors (Lipinski definition) is 4. The average molecular weight is 841 g/mol. The van der Waals surface area contributed by atoms with Crippen LogP contribution in [0.4, 0.5) is 0 Å². The molecule has 0 aromatic rings. The smallest absolute Gasteiger partial charge is 0.335 e. The summed E-state index contributed by atoms with van der Waals surface area (Å²) in [7, 11) is 0. The molecule has 6 atom stereocenters. The normalized spacial score (nSPS) is 20.7. The molecule has 11 heteroatoms. The van der Waals surface area contributed by atoms with Crippen LogP contribution in [0.5, 0.6) is 0 Å². The van der Waals surface area contributed by atoms with Crippen LogP contribution in [-0.2, 0) is 33.3 Å². The zero-order chi connectivity index (χ0) is 43.9. The van der Waals surface area contributed by atoms with Gasteiger partial charge in [-0.25, -0.2) is 4.79 Å². The molecule has 0 radical (unpaired) electrons. The number of aliphatic carboxylic acids is 1. The number of hydrogen-bond acceptors (Lipinski definition) is 10. The molecule has 0 aliphatic carbocycles. The second-order valence-corrected chi connectivity index (χ2v) is 14.8. The third kappa shape index (κ3) is 29.4. The molecule has 0 aromatic heterocycles. The number of carbonyl (C=O) groups is 3. The molecular weight excluding hydrogens is 765 g/mol. The molecule has 1 rings (SSSR count). The van der Waals surface area contributed by atoms with Gasteiger partial charge in [-0.2, -0.15) is 0 Å². The van der Waals surface area contributed by atoms with Crippen LogP contribution in [0.2, 0.25) is 0 Å². The van der Waals surface area contributed by atoms with Crippen molar-refractivity contribution in [3.63, 3.8) is 0 Å². The van der Waals surface area contributed by atoms with Crippen LogP contribution in [0, 0.1) is 0 Å². The van der Waals surface area contributed by atoms with Crippen molar-refractivity contribution in [1.82, 2.24) is 0 Å². The van der Waals surface area contributed by atoms with Gasteiger partial charge in [0, 0.05) is 12.8 Å². The lowest BCUT2D eigenvalue weighted by Crippen LogP contribution is -2.60. The number of rotatable bonds is 35. The molecule has 0 aromatic carbocycles. The molecule has 1 heterocycles. The van der Waals surface area contributed by atoms with Gasteiger partial charge in [-0.05, 0) is 89.9 Å². The van der Waals surface area contributed by atoms with Gasteiger partial charge in [0.2, 0.25) is 0 Å². The van der Waals surface area contributed by atoms with E-state index >= 15 is 0 Å². The minimum Gasteiger partial charge on any atom is -0.479 e. The average Bonchev–Trinajstić information content (AvgIpc) is 3.23. The van der Waals surface area contributed by atoms with Gasteiger partial charge in [0.15, 0.2) is 18.5 Å². The number of carbonyl (C=O) groups excluding carboxylic acids is 2. The molecule has 1 fully saturated rings. The summed E-state index contributed by atoms with van der Waals surface area (Å²) in [6.07, 6.45) is 41.7. The highest BCUT2D eigenvalue weighted by atomic mass is 16.7. The zero-order valence-corrected chi connectivity index (χ0v) is 36.4. The number of ether oxygens (including phenoxy) is 4. The first-order chi connectivity index (χ1) is 29.2. The number of aliphatic hydroxyl groups is 3. The lowest BCUT2D eigenvalue weighted by Gasteiger charge is -2.38. The van der Waals surface area contributed by atoms with E-state index in [1.165, 1.54) is 0 Å². The SMILES string of the molecule is CC/C=C\C/C=C\C/C=C\C/C=C\CCCCCCC(=O)OCC(COC1OC(C(=O)O)C(O)C(O)C1O)OC(=O)CCCCCC/C=C\C/C=C\C/C=C\C/C=C\CC. The van der Waals surface area contributed by atoms with Crippen LogP contribution in [0.25, 0.3) is 0 Å². The Morgan fingerprint density at radius 3 is 1.38 bits per heavy atom. The van der Waals surface area contributed by atoms with E-state index in [2.05, 4.69) is 111 Å². The maximum Gasteiger partial charge on any atom is 0.335 e. The quantitative estimate of drug-likeness (QED) is 0.0272. The number of carboxylic acid groups (broad SMARTS) is 1. The number of carboxylic acids is 1. The Hall–Kier alpha value is -3.87. The Balaban J connectivity index is 2.42. The summed E-state index contributed by atoms with van der Waals surface area (Å²) in [6, 6.07) is 0. The van der Waals surface area contributed by atoms with Crippen LogP contribution in [-0.4, -0.2) is 88.4 Å². The summed E-state index contributed by atoms with van der Waals surface area (Å²) in [5.74, 6) is -2.52. The van der Waals surface area contributed by atoms with Gasteiger partial charge in [0.1, 0.15) is 24.9 Å². The lowest BCUT2D eigenvalue weighted by atomic mass is 9.99. The molecule has 4 N–H and O–H groups in total. The Kier molecular flexibility index (Phi) is 34.4. The van der Waals surface area contributed by atoms with E-state index in [1.54, 1.807) is 0 Å². The summed E-state index contributed by atoms with van der Waals surface area (Å²) in [5, 5.41) is 39.8. The van der Waals surface area contributed by atoms with Crippen LogP contribution < -0.4 is 0 Å². The van der Waals surface area contributed by atoms with Gasteiger partial charge in [-0.1, -0.05) is 137 Å². The first kappa shape index (κ1) is 54.1. The monoisotopic (exact) mass is 841 g/mol. The van der Waals surface area contributed by atoms with E-state index in [-0.39, 0.29) is 19.4 Å². The van der Waals surface area contributed by atoms with Crippen LogP contribution in [0.3, 0.4) is 0 Å². The lowest BCUT2D eigenvalue weighted by molar-refractivity contribution is -0.298. The summed E-state index contributed by atoms with van der Waals surface area (Å²) in [6.45, 7) is 3.52. The third-order valence-electron chi connectivity index (χ3n) is 9.43. The van der Waals surface area contributed by atoms with Gasteiger partial charge in [0.25, 0.3) is 0 Å². The zero-order valence-electron chi connectivity index (χ0n) is 36.4. The topological polar surface area (TPSA) is 169 Å². The summed E-state index contributed by atoms with van der Waals surface area (Å²) in [4.78, 5) is 36.8. The largest absolute Gasteiger partial charge is 0.479 e. The molecule has 0 saturated carbocycles. The highest BCUT2D eigenvalue weighted by Gasteiger charge is 2.47. The molecule has 338 valence electrons. The molecule has 1 aliphatic rings. The van der Waals surface area contributed by atoms with Crippen molar-refractivity contribution in [2.24, 2.45) is 0 Å². The maximum atomic E-state index is 12.8. The predicted molar refractivity (Wildman–Crippen MR) is 238 cm³/mol. The van der Waals surface area contributed by atoms with Gasteiger partial charge in [-0.3, -0.25) is 9.59 Å². The first-order valence-corrected chi connectivity index (χ1v) is 22.3. The van der Waals surface area contributed by atoms with E-state index in [0.717, 1.165) is 103 Å². The molecule has 0 bridgehead atoms. The fourth-order valence-electron chi connectivity index (χ4n) is 5.98. The molecular formula is C49H76O11. The van der Waals surface area contributed by atoms with Crippen LogP contribution in [0.1, 0.15) is 142 Å². The van der Waals surface area contributed by atoms with Gasteiger partial charge in [0.05, 0.1) is 6.61 Å². The minimum absolute atomic E-state index is 0.143. The van der Waals surface area contributed by atoms with E-state index in [1.807, 2.05) is 0 Å². The third-order valence-corrected chi connectivity index (χ3v) is 9.43. The van der Waals surface area contributed by atoms with Crippen molar-refractivity contribution in [3.05, 3.63) is 97.2 Å². The summed E-state index contributed by atoms with van der Waals surface area (Å²) in [5.41, 5.74) is 0. The molecule has 0 spiro atoms. The van der Waals surface area contributed by atoms with E-state index in [4.69, 9.17) is 18.9 Å². The van der Waals surface area contributed by atoms with Crippen molar-refractivity contribution in [2.75, 3.05) is 13.2 Å². The Labute approximate surface area is 360 Å². The molecule has 6 unspecified atom stereocenters. The van der Waals surface area contributed by atoms with Gasteiger partial charge in [-0.15, -0.1) is 0 Å². The number of aliphatic hydroxyl groups excluding tert-OH is 3.